The predicted molar refractivity (Wildman–Crippen MR) is 53.2 cm³/mol. The van der Waals surface area contributed by atoms with Gasteiger partial charge in [0.25, 0.3) is 23.9 Å². The van der Waals surface area contributed by atoms with Crippen molar-refractivity contribution >= 4 is 23.9 Å². The molecule has 0 amide bonds. The van der Waals surface area contributed by atoms with Gasteiger partial charge in [-0.1, -0.05) is 0 Å². The Labute approximate surface area is 117 Å². The third-order valence-electron chi connectivity index (χ3n) is 0. The molecule has 9 heteroatoms. The minimum atomic E-state index is -0.833. The van der Waals surface area contributed by atoms with Crippen LogP contribution in [-0.4, -0.2) is 44.3 Å². The van der Waals surface area contributed by atoms with Crippen molar-refractivity contribution in [2.24, 2.45) is 0 Å². The molecule has 0 fully saturated rings. The van der Waals surface area contributed by atoms with E-state index in [2.05, 4.69) is 0 Å². The molecule has 0 aromatic rings. The number of rotatable bonds is 0. The molecule has 0 saturated carbocycles. The van der Waals surface area contributed by atoms with E-state index in [0.717, 1.165) is 27.7 Å². The molecular formula is C8H16HfO8. The molecule has 0 aliphatic rings. The first-order chi connectivity index (χ1) is 6.93. The van der Waals surface area contributed by atoms with E-state index >= 15 is 0 Å². The average molecular weight is 419 g/mol. The normalized spacial score (nSPS) is 5.88. The van der Waals surface area contributed by atoms with E-state index in [1.54, 1.807) is 0 Å². The summed E-state index contributed by atoms with van der Waals surface area (Å²) in [4.78, 5) is 36.0. The molecule has 0 bridgehead atoms. The average Bonchev–Trinajstić information content (AvgIpc) is 1.76. The van der Waals surface area contributed by atoms with Gasteiger partial charge in [0.2, 0.25) is 0 Å². The minimum Gasteiger partial charge on any atom is -0.481 e. The molecule has 0 rings (SSSR count). The van der Waals surface area contributed by atoms with Gasteiger partial charge in [-0.25, -0.2) is 0 Å². The van der Waals surface area contributed by atoms with Gasteiger partial charge in [0.1, 0.15) is 0 Å². The van der Waals surface area contributed by atoms with Gasteiger partial charge in [-0.05, 0) is 0 Å². The number of carboxylic acids is 4. The SMILES string of the molecule is CC(=O)O.CC(=O)O.CC(=O)O.CC(=O)O.[Hf]. The molecule has 0 atom stereocenters. The molecule has 0 aromatic heterocycles. The molecule has 8 nitrogen and oxygen atoms in total. The van der Waals surface area contributed by atoms with Crippen LogP contribution in [0.25, 0.3) is 0 Å². The molecule has 0 aromatic carbocycles. The predicted octanol–water partition coefficient (Wildman–Crippen LogP) is 0.361. The van der Waals surface area contributed by atoms with Crippen LogP contribution in [0.3, 0.4) is 0 Å². The zero-order valence-electron chi connectivity index (χ0n) is 9.92. The summed E-state index contributed by atoms with van der Waals surface area (Å²) in [5, 5.41) is 29.7. The van der Waals surface area contributed by atoms with Crippen molar-refractivity contribution < 1.29 is 65.4 Å². The third kappa shape index (κ3) is 1530. The van der Waals surface area contributed by atoms with Crippen LogP contribution in [0.4, 0.5) is 0 Å². The Balaban J connectivity index is -0.0000000369. The summed E-state index contributed by atoms with van der Waals surface area (Å²) in [6, 6.07) is 0. The van der Waals surface area contributed by atoms with Gasteiger partial charge in [0, 0.05) is 53.5 Å². The molecule has 4 N–H and O–H groups in total. The van der Waals surface area contributed by atoms with Crippen molar-refractivity contribution in [3.8, 4) is 0 Å². The second-order valence-corrected chi connectivity index (χ2v) is 2.08. The first-order valence-corrected chi connectivity index (χ1v) is 3.71. The first kappa shape index (κ1) is 29.7. The molecule has 0 saturated heterocycles. The van der Waals surface area contributed by atoms with Crippen molar-refractivity contribution in [1.82, 2.24) is 0 Å². The van der Waals surface area contributed by atoms with Crippen LogP contribution < -0.4 is 0 Å². The standard InChI is InChI=1S/4C2H4O2.Hf/c4*1-2(3)4;/h4*1H3,(H,3,4);. The van der Waals surface area contributed by atoms with Crippen LogP contribution in [-0.2, 0) is 45.0 Å². The largest absolute Gasteiger partial charge is 0.481 e. The number of hydrogen-bond donors (Lipinski definition) is 4. The van der Waals surface area contributed by atoms with Crippen LogP contribution in [0.2, 0.25) is 0 Å². The summed E-state index contributed by atoms with van der Waals surface area (Å²) < 4.78 is 0. The summed E-state index contributed by atoms with van der Waals surface area (Å²) in [6.07, 6.45) is 0. The maximum Gasteiger partial charge on any atom is 0.300 e. The van der Waals surface area contributed by atoms with Crippen molar-refractivity contribution in [3.63, 3.8) is 0 Å². The molecule has 0 spiro atoms. The Hall–Kier alpha value is -1.25. The Bertz CT molecular complexity index is 162. The summed E-state index contributed by atoms with van der Waals surface area (Å²) in [5.74, 6) is -3.33. The maximum atomic E-state index is 9.00. The zero-order chi connectivity index (χ0) is 14.3. The number of hydrogen-bond acceptors (Lipinski definition) is 4. The second-order valence-electron chi connectivity index (χ2n) is 2.08. The van der Waals surface area contributed by atoms with Crippen molar-refractivity contribution in [3.05, 3.63) is 0 Å². The molecule has 17 heavy (non-hydrogen) atoms. The molecule has 0 unspecified atom stereocenters. The fourth-order valence-electron chi connectivity index (χ4n) is 0. The van der Waals surface area contributed by atoms with Gasteiger partial charge in [0.15, 0.2) is 0 Å². The summed E-state index contributed by atoms with van der Waals surface area (Å²) in [6.45, 7) is 4.33. The van der Waals surface area contributed by atoms with E-state index in [-0.39, 0.29) is 25.8 Å². The van der Waals surface area contributed by atoms with Crippen molar-refractivity contribution in [1.29, 1.82) is 0 Å². The maximum absolute atomic E-state index is 9.00. The summed E-state index contributed by atoms with van der Waals surface area (Å²) in [7, 11) is 0. The van der Waals surface area contributed by atoms with Gasteiger partial charge < -0.3 is 20.4 Å². The van der Waals surface area contributed by atoms with Gasteiger partial charge in [-0.15, -0.1) is 0 Å². The number of carbonyl (C=O) groups is 4. The topological polar surface area (TPSA) is 149 Å². The van der Waals surface area contributed by atoms with E-state index < -0.39 is 23.9 Å². The summed E-state index contributed by atoms with van der Waals surface area (Å²) in [5.41, 5.74) is 0. The number of carboxylic acid groups (broad SMARTS) is 4. The van der Waals surface area contributed by atoms with E-state index in [4.69, 9.17) is 39.6 Å². The summed E-state index contributed by atoms with van der Waals surface area (Å²) >= 11 is 0. The minimum absolute atomic E-state index is 0. The van der Waals surface area contributed by atoms with E-state index in [1.807, 2.05) is 0 Å². The van der Waals surface area contributed by atoms with Crippen LogP contribution in [0.1, 0.15) is 27.7 Å². The molecule has 0 heterocycles. The molecule has 0 aliphatic heterocycles. The molecule has 0 aliphatic carbocycles. The smallest absolute Gasteiger partial charge is 0.300 e. The first-order valence-electron chi connectivity index (χ1n) is 3.71. The van der Waals surface area contributed by atoms with Crippen LogP contribution in [0, 0.1) is 0 Å². The Kier molecular flexibility index (Phi) is 42.1. The fourth-order valence-corrected chi connectivity index (χ4v) is 0. The van der Waals surface area contributed by atoms with Crippen molar-refractivity contribution in [2.45, 2.75) is 27.7 Å². The van der Waals surface area contributed by atoms with E-state index in [1.165, 1.54) is 0 Å². The van der Waals surface area contributed by atoms with Crippen molar-refractivity contribution in [2.75, 3.05) is 0 Å². The van der Waals surface area contributed by atoms with E-state index in [0.29, 0.717) is 0 Å². The van der Waals surface area contributed by atoms with Gasteiger partial charge in [-0.2, -0.15) is 0 Å². The van der Waals surface area contributed by atoms with Crippen LogP contribution in [0.15, 0.2) is 0 Å². The Morgan fingerprint density at radius 2 is 0.529 bits per heavy atom. The Morgan fingerprint density at radius 3 is 0.529 bits per heavy atom. The van der Waals surface area contributed by atoms with Crippen LogP contribution >= 0.6 is 0 Å². The van der Waals surface area contributed by atoms with Gasteiger partial charge in [0.05, 0.1) is 0 Å². The quantitative estimate of drug-likeness (QED) is 0.412. The zero-order valence-corrected chi connectivity index (χ0v) is 13.5. The second kappa shape index (κ2) is 24.1. The van der Waals surface area contributed by atoms with Crippen LogP contribution in [0.5, 0.6) is 0 Å². The molecular weight excluding hydrogens is 403 g/mol. The monoisotopic (exact) mass is 420 g/mol. The third-order valence-corrected chi connectivity index (χ3v) is 0. The Morgan fingerprint density at radius 1 is 0.529 bits per heavy atom. The number of aliphatic carboxylic acids is 4. The van der Waals surface area contributed by atoms with Gasteiger partial charge >= 0.3 is 0 Å². The van der Waals surface area contributed by atoms with E-state index in [9.17, 15) is 0 Å². The molecule has 0 radical (unpaired) electrons. The molecule has 100 valence electrons. The van der Waals surface area contributed by atoms with Gasteiger partial charge in [-0.3, -0.25) is 19.2 Å². The fraction of sp³-hybridized carbons (Fsp3) is 0.500.